The summed E-state index contributed by atoms with van der Waals surface area (Å²) in [7, 11) is 0. The molecule has 0 aliphatic carbocycles. The van der Waals surface area contributed by atoms with Crippen LogP contribution < -0.4 is 14.8 Å². The maximum Gasteiger partial charge on any atom is 0.265 e. The fourth-order valence-corrected chi connectivity index (χ4v) is 2.49. The van der Waals surface area contributed by atoms with Crippen molar-refractivity contribution in [3.05, 3.63) is 90.0 Å². The summed E-state index contributed by atoms with van der Waals surface area (Å²) in [6.07, 6.45) is -0.596. The van der Waals surface area contributed by atoms with E-state index in [-0.39, 0.29) is 5.91 Å². The number of hydrogen-bond donors (Lipinski definition) is 1. The van der Waals surface area contributed by atoms with Crippen LogP contribution in [0.2, 0.25) is 0 Å². The van der Waals surface area contributed by atoms with E-state index in [0.29, 0.717) is 18.0 Å². The number of rotatable bonds is 7. The van der Waals surface area contributed by atoms with Gasteiger partial charge in [-0.3, -0.25) is 4.79 Å². The van der Waals surface area contributed by atoms with Crippen molar-refractivity contribution in [1.82, 2.24) is 0 Å². The number of benzene rings is 3. The Bertz CT molecular complexity index is 858. The number of carbonyl (C=O) groups excluding carboxylic acids is 1. The molecule has 0 saturated heterocycles. The number of ether oxygens (including phenoxy) is 2. The molecule has 0 heterocycles. The average molecular weight is 361 g/mol. The van der Waals surface area contributed by atoms with Crippen LogP contribution in [0.25, 0.3) is 0 Å². The molecule has 4 heteroatoms. The molecule has 3 aromatic rings. The second-order valence-electron chi connectivity index (χ2n) is 6.36. The highest BCUT2D eigenvalue weighted by Gasteiger charge is 2.14. The third kappa shape index (κ3) is 5.61. The fourth-order valence-electron chi connectivity index (χ4n) is 2.49. The van der Waals surface area contributed by atoms with E-state index in [1.165, 1.54) is 0 Å². The fraction of sp³-hybridized carbons (Fsp3) is 0.174. The molecule has 0 aliphatic rings. The quantitative estimate of drug-likeness (QED) is 0.646. The highest BCUT2D eigenvalue weighted by atomic mass is 16.5. The molecule has 1 amide bonds. The minimum Gasteiger partial charge on any atom is -0.489 e. The maximum atomic E-state index is 12.3. The number of carbonyl (C=O) groups is 1. The van der Waals surface area contributed by atoms with Crippen molar-refractivity contribution in [1.29, 1.82) is 0 Å². The average Bonchev–Trinajstić information content (AvgIpc) is 2.70. The molecule has 1 atom stereocenters. The third-order valence-electron chi connectivity index (χ3n) is 4.07. The maximum absolute atomic E-state index is 12.3. The Labute approximate surface area is 159 Å². The van der Waals surface area contributed by atoms with Crippen molar-refractivity contribution in [2.24, 2.45) is 0 Å². The second-order valence-corrected chi connectivity index (χ2v) is 6.36. The summed E-state index contributed by atoms with van der Waals surface area (Å²) < 4.78 is 11.4. The van der Waals surface area contributed by atoms with Gasteiger partial charge in [-0.05, 0) is 55.8 Å². The molecule has 3 aromatic carbocycles. The van der Waals surface area contributed by atoms with Gasteiger partial charge in [-0.1, -0.05) is 48.0 Å². The summed E-state index contributed by atoms with van der Waals surface area (Å²) in [5, 5.41) is 2.85. The van der Waals surface area contributed by atoms with Crippen molar-refractivity contribution >= 4 is 11.6 Å². The lowest BCUT2D eigenvalue weighted by atomic mass is 10.2. The van der Waals surface area contributed by atoms with E-state index in [4.69, 9.17) is 9.47 Å². The van der Waals surface area contributed by atoms with Gasteiger partial charge < -0.3 is 14.8 Å². The van der Waals surface area contributed by atoms with Crippen LogP contribution >= 0.6 is 0 Å². The molecule has 0 aliphatic heterocycles. The highest BCUT2D eigenvalue weighted by molar-refractivity contribution is 5.94. The predicted octanol–water partition coefficient (Wildman–Crippen LogP) is 4.98. The van der Waals surface area contributed by atoms with Gasteiger partial charge in [0.2, 0.25) is 0 Å². The number of nitrogens with one attached hydrogen (secondary N) is 1. The lowest BCUT2D eigenvalue weighted by molar-refractivity contribution is -0.122. The lowest BCUT2D eigenvalue weighted by Gasteiger charge is -2.15. The van der Waals surface area contributed by atoms with Crippen molar-refractivity contribution in [2.45, 2.75) is 26.6 Å². The summed E-state index contributed by atoms with van der Waals surface area (Å²) in [6.45, 7) is 4.24. The van der Waals surface area contributed by atoms with Gasteiger partial charge in [0.05, 0.1) is 0 Å². The zero-order valence-corrected chi connectivity index (χ0v) is 15.5. The Balaban J connectivity index is 1.51. The molecule has 1 N–H and O–H groups in total. The smallest absolute Gasteiger partial charge is 0.265 e. The summed E-state index contributed by atoms with van der Waals surface area (Å²) in [5.41, 5.74) is 2.96. The van der Waals surface area contributed by atoms with Gasteiger partial charge in [0.15, 0.2) is 6.10 Å². The monoisotopic (exact) mass is 361 g/mol. The molecule has 3 rings (SSSR count). The first-order chi connectivity index (χ1) is 13.1. The number of amides is 1. The highest BCUT2D eigenvalue weighted by Crippen LogP contribution is 2.18. The molecule has 0 unspecified atom stereocenters. The minimum absolute atomic E-state index is 0.200. The van der Waals surface area contributed by atoms with Gasteiger partial charge in [-0.25, -0.2) is 0 Å². The Morgan fingerprint density at radius 3 is 2.19 bits per heavy atom. The van der Waals surface area contributed by atoms with Crippen LogP contribution in [-0.2, 0) is 11.4 Å². The number of aryl methyl sites for hydroxylation is 1. The zero-order valence-electron chi connectivity index (χ0n) is 15.5. The molecule has 0 fully saturated rings. The zero-order chi connectivity index (χ0) is 19.1. The summed E-state index contributed by atoms with van der Waals surface area (Å²) in [4.78, 5) is 12.3. The van der Waals surface area contributed by atoms with Gasteiger partial charge in [0.25, 0.3) is 5.91 Å². The van der Waals surface area contributed by atoms with Crippen molar-refractivity contribution < 1.29 is 14.3 Å². The van der Waals surface area contributed by atoms with Crippen LogP contribution in [-0.4, -0.2) is 12.0 Å². The van der Waals surface area contributed by atoms with E-state index in [2.05, 4.69) is 5.32 Å². The second kappa shape index (κ2) is 8.90. The number of anilines is 1. The number of hydrogen-bond acceptors (Lipinski definition) is 3. The normalized spacial score (nSPS) is 11.5. The lowest BCUT2D eigenvalue weighted by Crippen LogP contribution is -2.30. The van der Waals surface area contributed by atoms with Gasteiger partial charge >= 0.3 is 0 Å². The Kier molecular flexibility index (Phi) is 6.10. The van der Waals surface area contributed by atoms with E-state index in [9.17, 15) is 4.79 Å². The minimum atomic E-state index is -0.596. The molecule has 0 bridgehead atoms. The first kappa shape index (κ1) is 18.5. The SMILES string of the molecule is Cc1ccc(O[C@@H](C)C(=O)Nc2ccc(OCc3ccccc3)cc2)cc1. The van der Waals surface area contributed by atoms with Crippen LogP contribution in [0.3, 0.4) is 0 Å². The predicted molar refractivity (Wildman–Crippen MR) is 107 cm³/mol. The van der Waals surface area contributed by atoms with Crippen LogP contribution in [0.4, 0.5) is 5.69 Å². The van der Waals surface area contributed by atoms with E-state index in [1.54, 1.807) is 6.92 Å². The molecule has 0 radical (unpaired) electrons. The van der Waals surface area contributed by atoms with Crippen LogP contribution in [0.5, 0.6) is 11.5 Å². The summed E-state index contributed by atoms with van der Waals surface area (Å²) >= 11 is 0. The van der Waals surface area contributed by atoms with Crippen LogP contribution in [0.15, 0.2) is 78.9 Å². The van der Waals surface area contributed by atoms with E-state index in [1.807, 2.05) is 85.8 Å². The van der Waals surface area contributed by atoms with Gasteiger partial charge in [0.1, 0.15) is 18.1 Å². The Hall–Kier alpha value is -3.27. The molecule has 0 spiro atoms. The Morgan fingerprint density at radius 1 is 0.889 bits per heavy atom. The van der Waals surface area contributed by atoms with Crippen LogP contribution in [0, 0.1) is 6.92 Å². The standard InChI is InChI=1S/C23H23NO3/c1-17-8-12-22(13-9-17)27-18(2)23(25)24-20-10-14-21(15-11-20)26-16-19-6-4-3-5-7-19/h3-15,18H,16H2,1-2H3,(H,24,25)/t18-/m0/s1. The van der Waals surface area contributed by atoms with Crippen LogP contribution in [0.1, 0.15) is 18.1 Å². The first-order valence-electron chi connectivity index (χ1n) is 8.91. The first-order valence-corrected chi connectivity index (χ1v) is 8.91. The van der Waals surface area contributed by atoms with Gasteiger partial charge in [-0.2, -0.15) is 0 Å². The van der Waals surface area contributed by atoms with E-state index in [0.717, 1.165) is 16.9 Å². The molecule has 0 aromatic heterocycles. The van der Waals surface area contributed by atoms with E-state index < -0.39 is 6.10 Å². The largest absolute Gasteiger partial charge is 0.489 e. The van der Waals surface area contributed by atoms with Crippen molar-refractivity contribution in [3.63, 3.8) is 0 Å². The molecule has 0 saturated carbocycles. The van der Waals surface area contributed by atoms with Crippen molar-refractivity contribution in [2.75, 3.05) is 5.32 Å². The molecule has 138 valence electrons. The topological polar surface area (TPSA) is 47.6 Å². The van der Waals surface area contributed by atoms with E-state index >= 15 is 0 Å². The molecule has 4 nitrogen and oxygen atoms in total. The summed E-state index contributed by atoms with van der Waals surface area (Å²) in [5.74, 6) is 1.22. The molecule has 27 heavy (non-hydrogen) atoms. The molecular weight excluding hydrogens is 338 g/mol. The third-order valence-corrected chi connectivity index (χ3v) is 4.07. The Morgan fingerprint density at radius 2 is 1.52 bits per heavy atom. The molecular formula is C23H23NO3. The van der Waals surface area contributed by atoms with Crippen molar-refractivity contribution in [3.8, 4) is 11.5 Å². The summed E-state index contributed by atoms with van der Waals surface area (Å²) in [6, 6.07) is 24.9. The van der Waals surface area contributed by atoms with Gasteiger partial charge in [-0.15, -0.1) is 0 Å². The van der Waals surface area contributed by atoms with Gasteiger partial charge in [0, 0.05) is 5.69 Å².